The molecule has 1 amide bonds. The third-order valence-corrected chi connectivity index (χ3v) is 3.98. The van der Waals surface area contributed by atoms with Crippen LogP contribution in [0.3, 0.4) is 0 Å². The molecule has 110 valence electrons. The summed E-state index contributed by atoms with van der Waals surface area (Å²) in [5, 5.41) is 6.11. The molecule has 1 aliphatic rings. The van der Waals surface area contributed by atoms with E-state index in [2.05, 4.69) is 33.5 Å². The summed E-state index contributed by atoms with van der Waals surface area (Å²) in [6.07, 6.45) is 2.68. The molecule has 20 heavy (non-hydrogen) atoms. The number of amides is 1. The number of hydrogen-bond donors (Lipinski definition) is 2. The summed E-state index contributed by atoms with van der Waals surface area (Å²) < 4.78 is 0. The van der Waals surface area contributed by atoms with Crippen LogP contribution in [0.1, 0.15) is 25.8 Å². The van der Waals surface area contributed by atoms with Gasteiger partial charge in [0, 0.05) is 38.4 Å². The highest BCUT2D eigenvalue weighted by atomic mass is 16.2. The largest absolute Gasteiger partial charge is 0.359 e. The van der Waals surface area contributed by atoms with E-state index in [1.807, 2.05) is 19.2 Å². The minimum Gasteiger partial charge on any atom is -0.359 e. The lowest BCUT2D eigenvalue weighted by Crippen LogP contribution is -2.39. The molecule has 0 radical (unpaired) electrons. The van der Waals surface area contributed by atoms with E-state index < -0.39 is 0 Å². The van der Waals surface area contributed by atoms with E-state index in [0.717, 1.165) is 38.4 Å². The second kappa shape index (κ2) is 6.22. The quantitative estimate of drug-likeness (QED) is 0.847. The third-order valence-electron chi connectivity index (χ3n) is 3.98. The predicted octanol–water partition coefficient (Wildman–Crippen LogP) is 1.15. The van der Waals surface area contributed by atoms with Gasteiger partial charge in [0.05, 0.1) is 5.41 Å². The predicted molar refractivity (Wildman–Crippen MR) is 80.6 cm³/mol. The first-order valence-corrected chi connectivity index (χ1v) is 7.22. The van der Waals surface area contributed by atoms with Crippen molar-refractivity contribution in [1.82, 2.24) is 15.6 Å². The number of aromatic nitrogens is 1. The fraction of sp³-hybridized carbons (Fsp3) is 0.600. The summed E-state index contributed by atoms with van der Waals surface area (Å²) in [7, 11) is 1.70. The lowest BCUT2D eigenvalue weighted by atomic mass is 9.89. The Kier molecular flexibility index (Phi) is 4.60. The van der Waals surface area contributed by atoms with Gasteiger partial charge in [-0.05, 0) is 26.0 Å². The first-order valence-electron chi connectivity index (χ1n) is 7.22. The maximum atomic E-state index is 12.0. The van der Waals surface area contributed by atoms with Gasteiger partial charge >= 0.3 is 0 Å². The fourth-order valence-corrected chi connectivity index (χ4v) is 2.74. The SMILES string of the molecule is CCNCc1cccnc1N1CCC(C)(C(=O)NC)C1. The average Bonchev–Trinajstić information content (AvgIpc) is 2.88. The summed E-state index contributed by atoms with van der Waals surface area (Å²) in [4.78, 5) is 18.7. The van der Waals surface area contributed by atoms with Crippen molar-refractivity contribution in [1.29, 1.82) is 0 Å². The van der Waals surface area contributed by atoms with Gasteiger partial charge in [0.25, 0.3) is 0 Å². The number of rotatable bonds is 5. The smallest absolute Gasteiger partial charge is 0.227 e. The number of carbonyl (C=O) groups excluding carboxylic acids is 1. The van der Waals surface area contributed by atoms with Crippen LogP contribution in [-0.2, 0) is 11.3 Å². The lowest BCUT2D eigenvalue weighted by Gasteiger charge is -2.24. The highest BCUT2D eigenvalue weighted by molar-refractivity contribution is 5.83. The first-order chi connectivity index (χ1) is 9.60. The minimum absolute atomic E-state index is 0.115. The van der Waals surface area contributed by atoms with Crippen molar-refractivity contribution in [2.75, 3.05) is 31.6 Å². The summed E-state index contributed by atoms with van der Waals surface area (Å²) in [6.45, 7) is 7.47. The highest BCUT2D eigenvalue weighted by Gasteiger charge is 2.40. The van der Waals surface area contributed by atoms with E-state index >= 15 is 0 Å². The topological polar surface area (TPSA) is 57.3 Å². The van der Waals surface area contributed by atoms with Crippen molar-refractivity contribution in [3.63, 3.8) is 0 Å². The van der Waals surface area contributed by atoms with Gasteiger partial charge in [0.2, 0.25) is 5.91 Å². The molecule has 1 saturated heterocycles. The van der Waals surface area contributed by atoms with Crippen LogP contribution in [0.15, 0.2) is 18.3 Å². The summed E-state index contributed by atoms with van der Waals surface area (Å²) >= 11 is 0. The average molecular weight is 276 g/mol. The fourth-order valence-electron chi connectivity index (χ4n) is 2.74. The Bertz CT molecular complexity index is 477. The lowest BCUT2D eigenvalue weighted by molar-refractivity contribution is -0.128. The summed E-state index contributed by atoms with van der Waals surface area (Å²) in [5.41, 5.74) is 0.873. The second-order valence-corrected chi connectivity index (χ2v) is 5.58. The Morgan fingerprint density at radius 3 is 3.05 bits per heavy atom. The number of pyridine rings is 1. The van der Waals surface area contributed by atoms with Crippen LogP contribution in [0.5, 0.6) is 0 Å². The Morgan fingerprint density at radius 1 is 1.55 bits per heavy atom. The molecule has 0 aromatic carbocycles. The van der Waals surface area contributed by atoms with Gasteiger partial charge in [0.15, 0.2) is 0 Å². The number of hydrogen-bond acceptors (Lipinski definition) is 4. The molecule has 0 saturated carbocycles. The van der Waals surface area contributed by atoms with Gasteiger partial charge in [-0.2, -0.15) is 0 Å². The summed E-state index contributed by atoms with van der Waals surface area (Å²) in [5.74, 6) is 1.12. The van der Waals surface area contributed by atoms with E-state index in [0.29, 0.717) is 0 Å². The molecule has 2 heterocycles. The molecule has 0 bridgehead atoms. The van der Waals surface area contributed by atoms with Crippen molar-refractivity contribution in [2.24, 2.45) is 5.41 Å². The molecule has 1 unspecified atom stereocenters. The number of anilines is 1. The van der Waals surface area contributed by atoms with Crippen LogP contribution in [0, 0.1) is 5.41 Å². The molecule has 0 aliphatic carbocycles. The maximum Gasteiger partial charge on any atom is 0.227 e. The van der Waals surface area contributed by atoms with Crippen molar-refractivity contribution in [2.45, 2.75) is 26.8 Å². The number of carbonyl (C=O) groups is 1. The molecule has 1 atom stereocenters. The van der Waals surface area contributed by atoms with Crippen molar-refractivity contribution >= 4 is 11.7 Å². The van der Waals surface area contributed by atoms with E-state index in [1.54, 1.807) is 7.05 Å². The van der Waals surface area contributed by atoms with Crippen molar-refractivity contribution in [3.05, 3.63) is 23.9 Å². The second-order valence-electron chi connectivity index (χ2n) is 5.58. The van der Waals surface area contributed by atoms with Crippen molar-refractivity contribution < 1.29 is 4.79 Å². The first kappa shape index (κ1) is 14.8. The Labute approximate surface area is 120 Å². The van der Waals surface area contributed by atoms with Crippen molar-refractivity contribution in [3.8, 4) is 0 Å². The van der Waals surface area contributed by atoms with Crippen LogP contribution in [0.25, 0.3) is 0 Å². The molecular weight excluding hydrogens is 252 g/mol. The van der Waals surface area contributed by atoms with E-state index in [1.165, 1.54) is 5.56 Å². The Hall–Kier alpha value is -1.62. The van der Waals surface area contributed by atoms with Crippen LogP contribution in [-0.4, -0.2) is 37.6 Å². The van der Waals surface area contributed by atoms with Gasteiger partial charge in [-0.25, -0.2) is 4.98 Å². The molecule has 1 aliphatic heterocycles. The minimum atomic E-state index is -0.318. The van der Waals surface area contributed by atoms with Gasteiger partial charge in [-0.1, -0.05) is 13.0 Å². The number of nitrogens with one attached hydrogen (secondary N) is 2. The zero-order valence-corrected chi connectivity index (χ0v) is 12.6. The Morgan fingerprint density at radius 2 is 2.35 bits per heavy atom. The third kappa shape index (κ3) is 2.93. The molecule has 0 spiro atoms. The van der Waals surface area contributed by atoms with E-state index in [-0.39, 0.29) is 11.3 Å². The zero-order valence-electron chi connectivity index (χ0n) is 12.6. The highest BCUT2D eigenvalue weighted by Crippen LogP contribution is 2.33. The van der Waals surface area contributed by atoms with Crippen LogP contribution < -0.4 is 15.5 Å². The molecule has 2 N–H and O–H groups in total. The normalized spacial score (nSPS) is 22.1. The van der Waals surface area contributed by atoms with E-state index in [4.69, 9.17) is 0 Å². The molecule has 5 heteroatoms. The standard InChI is InChI=1S/C15H24N4O/c1-4-17-10-12-6-5-8-18-13(12)19-9-7-15(2,11-19)14(20)16-3/h5-6,8,17H,4,7,9-11H2,1-3H3,(H,16,20). The van der Waals surface area contributed by atoms with Gasteiger partial charge in [0.1, 0.15) is 5.82 Å². The molecule has 1 fully saturated rings. The zero-order chi connectivity index (χ0) is 14.6. The van der Waals surface area contributed by atoms with E-state index in [9.17, 15) is 4.79 Å². The van der Waals surface area contributed by atoms with Crippen LogP contribution in [0.2, 0.25) is 0 Å². The molecular formula is C15H24N4O. The Balaban J connectivity index is 2.15. The van der Waals surface area contributed by atoms with Gasteiger partial charge in [-0.15, -0.1) is 0 Å². The van der Waals surface area contributed by atoms with Gasteiger partial charge < -0.3 is 15.5 Å². The number of nitrogens with zero attached hydrogens (tertiary/aromatic N) is 2. The molecule has 5 nitrogen and oxygen atoms in total. The monoisotopic (exact) mass is 276 g/mol. The van der Waals surface area contributed by atoms with Crippen LogP contribution in [0.4, 0.5) is 5.82 Å². The molecule has 2 rings (SSSR count). The summed E-state index contributed by atoms with van der Waals surface area (Å²) in [6, 6.07) is 4.06. The maximum absolute atomic E-state index is 12.0. The van der Waals surface area contributed by atoms with Crippen LogP contribution >= 0.6 is 0 Å². The van der Waals surface area contributed by atoms with Gasteiger partial charge in [-0.3, -0.25) is 4.79 Å². The molecule has 1 aromatic heterocycles. The molecule has 1 aromatic rings.